The first-order valence-electron chi connectivity index (χ1n) is 6.45. The molecule has 1 N–H and O–H groups in total. The molecular formula is C16H15BrN2O3. The van der Waals surface area contributed by atoms with Gasteiger partial charge in [0, 0.05) is 15.6 Å². The van der Waals surface area contributed by atoms with Crippen LogP contribution in [0.15, 0.2) is 52.0 Å². The minimum atomic E-state index is -0.298. The van der Waals surface area contributed by atoms with Crippen molar-refractivity contribution in [1.29, 1.82) is 0 Å². The number of carbonyl (C=O) groups excluding carboxylic acids is 1. The summed E-state index contributed by atoms with van der Waals surface area (Å²) in [6.45, 7) is 0. The quantitative estimate of drug-likeness (QED) is 0.656. The highest BCUT2D eigenvalue weighted by Crippen LogP contribution is 2.21. The maximum absolute atomic E-state index is 11.9. The monoisotopic (exact) mass is 362 g/mol. The number of nitrogens with one attached hydrogen (secondary N) is 1. The summed E-state index contributed by atoms with van der Waals surface area (Å²) < 4.78 is 11.2. The van der Waals surface area contributed by atoms with Gasteiger partial charge in [0.05, 0.1) is 20.4 Å². The lowest BCUT2D eigenvalue weighted by Crippen LogP contribution is -2.17. The van der Waals surface area contributed by atoms with Gasteiger partial charge >= 0.3 is 0 Å². The lowest BCUT2D eigenvalue weighted by Gasteiger charge is -2.05. The normalized spacial score (nSPS) is 10.5. The predicted molar refractivity (Wildman–Crippen MR) is 88.7 cm³/mol. The van der Waals surface area contributed by atoms with Gasteiger partial charge in [0.25, 0.3) is 5.91 Å². The van der Waals surface area contributed by atoms with Crippen molar-refractivity contribution in [2.45, 2.75) is 0 Å². The highest BCUT2D eigenvalue weighted by atomic mass is 79.9. The van der Waals surface area contributed by atoms with Gasteiger partial charge in [-0.25, -0.2) is 5.43 Å². The Balaban J connectivity index is 2.05. The summed E-state index contributed by atoms with van der Waals surface area (Å²) in [5, 5.41) is 3.95. The average molecular weight is 363 g/mol. The van der Waals surface area contributed by atoms with Crippen molar-refractivity contribution in [3.63, 3.8) is 0 Å². The molecule has 0 radical (unpaired) electrons. The summed E-state index contributed by atoms with van der Waals surface area (Å²) >= 11 is 3.38. The van der Waals surface area contributed by atoms with Gasteiger partial charge in [-0.2, -0.15) is 5.10 Å². The molecule has 0 fully saturated rings. The van der Waals surface area contributed by atoms with Gasteiger partial charge in [0.1, 0.15) is 11.5 Å². The molecule has 0 aliphatic heterocycles. The summed E-state index contributed by atoms with van der Waals surface area (Å²) in [5.41, 5.74) is 3.73. The van der Waals surface area contributed by atoms with Crippen LogP contribution in [0.5, 0.6) is 11.5 Å². The molecule has 2 aromatic rings. The van der Waals surface area contributed by atoms with Crippen LogP contribution in [-0.4, -0.2) is 26.3 Å². The smallest absolute Gasteiger partial charge is 0.271 e. The zero-order valence-electron chi connectivity index (χ0n) is 12.2. The number of hydrogen-bond acceptors (Lipinski definition) is 4. The lowest BCUT2D eigenvalue weighted by atomic mass is 10.2. The van der Waals surface area contributed by atoms with Crippen LogP contribution < -0.4 is 14.9 Å². The van der Waals surface area contributed by atoms with E-state index in [9.17, 15) is 4.79 Å². The molecule has 0 atom stereocenters. The number of carbonyl (C=O) groups is 1. The SMILES string of the molecule is COc1ccc(C(=O)N/N=C/c2cc(Br)ccc2OC)cc1. The molecule has 2 rings (SSSR count). The minimum absolute atomic E-state index is 0.298. The highest BCUT2D eigenvalue weighted by Gasteiger charge is 2.05. The van der Waals surface area contributed by atoms with Gasteiger partial charge in [-0.15, -0.1) is 0 Å². The second-order valence-corrected chi connectivity index (χ2v) is 5.23. The van der Waals surface area contributed by atoms with E-state index in [1.165, 1.54) is 6.21 Å². The molecule has 5 nitrogen and oxygen atoms in total. The van der Waals surface area contributed by atoms with Crippen LogP contribution in [0.4, 0.5) is 0 Å². The number of ether oxygens (including phenoxy) is 2. The molecule has 1 amide bonds. The van der Waals surface area contributed by atoms with Crippen molar-refractivity contribution in [2.24, 2.45) is 5.10 Å². The van der Waals surface area contributed by atoms with Crippen LogP contribution in [0.25, 0.3) is 0 Å². The first kappa shape index (κ1) is 16.0. The lowest BCUT2D eigenvalue weighted by molar-refractivity contribution is 0.0955. The van der Waals surface area contributed by atoms with E-state index in [2.05, 4.69) is 26.5 Å². The third-order valence-electron chi connectivity index (χ3n) is 2.91. The summed E-state index contributed by atoms with van der Waals surface area (Å²) in [6.07, 6.45) is 1.53. The maximum atomic E-state index is 11.9. The van der Waals surface area contributed by atoms with E-state index in [4.69, 9.17) is 9.47 Å². The number of hydrazone groups is 1. The van der Waals surface area contributed by atoms with Crippen molar-refractivity contribution in [3.8, 4) is 11.5 Å². The second kappa shape index (κ2) is 7.61. The van der Waals surface area contributed by atoms with Crippen molar-refractivity contribution in [1.82, 2.24) is 5.43 Å². The second-order valence-electron chi connectivity index (χ2n) is 4.31. The molecule has 0 saturated heterocycles. The largest absolute Gasteiger partial charge is 0.497 e. The number of rotatable bonds is 5. The van der Waals surface area contributed by atoms with Crippen molar-refractivity contribution in [2.75, 3.05) is 14.2 Å². The fourth-order valence-corrected chi connectivity index (χ4v) is 2.15. The zero-order chi connectivity index (χ0) is 15.9. The molecule has 0 aliphatic carbocycles. The van der Waals surface area contributed by atoms with Crippen LogP contribution in [0.1, 0.15) is 15.9 Å². The number of hydrogen-bond donors (Lipinski definition) is 1. The molecule has 0 spiro atoms. The number of halogens is 1. The topological polar surface area (TPSA) is 59.9 Å². The summed E-state index contributed by atoms with van der Waals surface area (Å²) in [5.74, 6) is 1.07. The van der Waals surface area contributed by atoms with E-state index < -0.39 is 0 Å². The average Bonchev–Trinajstić information content (AvgIpc) is 2.55. The van der Waals surface area contributed by atoms with E-state index in [0.29, 0.717) is 17.1 Å². The molecule has 0 saturated carbocycles. The Morgan fingerprint density at radius 1 is 1.14 bits per heavy atom. The number of amides is 1. The van der Waals surface area contributed by atoms with Gasteiger partial charge in [-0.3, -0.25) is 4.79 Å². The number of methoxy groups -OCH3 is 2. The fourth-order valence-electron chi connectivity index (χ4n) is 1.77. The van der Waals surface area contributed by atoms with E-state index in [-0.39, 0.29) is 5.91 Å². The molecule has 114 valence electrons. The fraction of sp³-hybridized carbons (Fsp3) is 0.125. The summed E-state index contributed by atoms with van der Waals surface area (Å²) in [4.78, 5) is 11.9. The van der Waals surface area contributed by atoms with E-state index in [1.807, 2.05) is 18.2 Å². The third-order valence-corrected chi connectivity index (χ3v) is 3.41. The first-order chi connectivity index (χ1) is 10.6. The Labute approximate surface area is 137 Å². The first-order valence-corrected chi connectivity index (χ1v) is 7.24. The predicted octanol–water partition coefficient (Wildman–Crippen LogP) is 3.23. The minimum Gasteiger partial charge on any atom is -0.497 e. The molecule has 0 unspecified atom stereocenters. The number of benzene rings is 2. The number of nitrogens with zero attached hydrogens (tertiary/aromatic N) is 1. The van der Waals surface area contributed by atoms with Gasteiger partial charge in [0.15, 0.2) is 0 Å². The Morgan fingerprint density at radius 3 is 2.50 bits per heavy atom. The highest BCUT2D eigenvalue weighted by molar-refractivity contribution is 9.10. The Morgan fingerprint density at radius 2 is 1.86 bits per heavy atom. The van der Waals surface area contributed by atoms with Gasteiger partial charge in [0.2, 0.25) is 0 Å². The third kappa shape index (κ3) is 4.08. The molecule has 0 aliphatic rings. The zero-order valence-corrected chi connectivity index (χ0v) is 13.8. The molecule has 22 heavy (non-hydrogen) atoms. The van der Waals surface area contributed by atoms with Crippen molar-refractivity contribution < 1.29 is 14.3 Å². The van der Waals surface area contributed by atoms with Gasteiger partial charge in [-0.1, -0.05) is 15.9 Å². The molecule has 0 heterocycles. The van der Waals surface area contributed by atoms with Crippen molar-refractivity contribution in [3.05, 3.63) is 58.1 Å². The van der Waals surface area contributed by atoms with Crippen LogP contribution in [-0.2, 0) is 0 Å². The van der Waals surface area contributed by atoms with E-state index in [1.54, 1.807) is 38.5 Å². The standard InChI is InChI=1S/C16H15BrN2O3/c1-21-14-6-3-11(4-7-14)16(20)19-18-10-12-9-13(17)5-8-15(12)22-2/h3-10H,1-2H3,(H,19,20)/b18-10+. The Kier molecular flexibility index (Phi) is 5.55. The Hall–Kier alpha value is -2.34. The van der Waals surface area contributed by atoms with Crippen LogP contribution in [0.2, 0.25) is 0 Å². The van der Waals surface area contributed by atoms with Gasteiger partial charge in [-0.05, 0) is 42.5 Å². The van der Waals surface area contributed by atoms with E-state index >= 15 is 0 Å². The van der Waals surface area contributed by atoms with Crippen LogP contribution in [0.3, 0.4) is 0 Å². The molecule has 0 aromatic heterocycles. The van der Waals surface area contributed by atoms with Crippen LogP contribution >= 0.6 is 15.9 Å². The van der Waals surface area contributed by atoms with Crippen molar-refractivity contribution >= 4 is 28.1 Å². The Bertz CT molecular complexity index is 684. The summed E-state index contributed by atoms with van der Waals surface area (Å²) in [7, 11) is 3.15. The molecule has 6 heteroatoms. The van der Waals surface area contributed by atoms with Gasteiger partial charge < -0.3 is 9.47 Å². The maximum Gasteiger partial charge on any atom is 0.271 e. The summed E-state index contributed by atoms with van der Waals surface area (Å²) in [6, 6.07) is 12.3. The molecule has 0 bridgehead atoms. The molecule has 2 aromatic carbocycles. The molecular weight excluding hydrogens is 348 g/mol. The van der Waals surface area contributed by atoms with Crippen LogP contribution in [0, 0.1) is 0 Å². The van der Waals surface area contributed by atoms with E-state index in [0.717, 1.165) is 10.0 Å².